The van der Waals surface area contributed by atoms with Gasteiger partial charge in [-0.3, -0.25) is 0 Å². The number of nitrogens with one attached hydrogen (secondary N) is 1. The molecular formula is C17H24N2O5S. The van der Waals surface area contributed by atoms with Crippen molar-refractivity contribution in [3.63, 3.8) is 0 Å². The molecule has 0 bridgehead atoms. The predicted molar refractivity (Wildman–Crippen MR) is 93.2 cm³/mol. The summed E-state index contributed by atoms with van der Waals surface area (Å²) in [6, 6.07) is 4.41. The molecule has 0 atom stereocenters. The van der Waals surface area contributed by atoms with Crippen molar-refractivity contribution in [3.05, 3.63) is 23.8 Å². The van der Waals surface area contributed by atoms with Gasteiger partial charge >= 0.3 is 5.97 Å². The number of ether oxygens (including phenoxy) is 1. The van der Waals surface area contributed by atoms with Gasteiger partial charge in [-0.25, -0.2) is 17.9 Å². The molecule has 0 unspecified atom stereocenters. The lowest BCUT2D eigenvalue weighted by molar-refractivity contribution is 0.0601. The van der Waals surface area contributed by atoms with E-state index in [2.05, 4.69) is 9.62 Å². The maximum Gasteiger partial charge on any atom is 0.339 e. The number of methoxy groups -OCH3 is 1. The number of carbonyl (C=O) groups is 1. The van der Waals surface area contributed by atoms with Crippen molar-refractivity contribution in [1.82, 2.24) is 4.72 Å². The Labute approximate surface area is 148 Å². The Hall–Kier alpha value is -1.64. The van der Waals surface area contributed by atoms with Gasteiger partial charge in [0.1, 0.15) is 0 Å². The topological polar surface area (TPSA) is 95.9 Å². The first kappa shape index (κ1) is 18.2. The van der Waals surface area contributed by atoms with Crippen LogP contribution in [-0.2, 0) is 14.8 Å². The normalized spacial score (nSPS) is 19.0. The third-order valence-electron chi connectivity index (χ3n) is 5.21. The number of esters is 1. The molecule has 1 aromatic carbocycles. The third-order valence-corrected chi connectivity index (χ3v) is 6.67. The highest BCUT2D eigenvalue weighted by molar-refractivity contribution is 7.89. The van der Waals surface area contributed by atoms with E-state index in [0.29, 0.717) is 16.7 Å². The molecule has 2 fully saturated rings. The third kappa shape index (κ3) is 3.80. The second-order valence-electron chi connectivity index (χ2n) is 6.78. The molecule has 0 aromatic heterocycles. The van der Waals surface area contributed by atoms with Crippen LogP contribution >= 0.6 is 0 Å². The average molecular weight is 368 g/mol. The molecule has 25 heavy (non-hydrogen) atoms. The number of aliphatic hydroxyl groups excluding tert-OH is 1. The number of hydrogen-bond donors (Lipinski definition) is 2. The molecule has 1 saturated heterocycles. The highest BCUT2D eigenvalue weighted by Gasteiger charge is 2.44. The summed E-state index contributed by atoms with van der Waals surface area (Å²) in [5.41, 5.74) is 1.44. The number of aliphatic hydroxyl groups is 1. The predicted octanol–water partition coefficient (Wildman–Crippen LogP) is 1.12. The Morgan fingerprint density at radius 1 is 1.28 bits per heavy atom. The molecule has 1 heterocycles. The molecule has 7 nitrogen and oxygen atoms in total. The molecule has 0 amide bonds. The Bertz CT molecular complexity index is 748. The van der Waals surface area contributed by atoms with Crippen molar-refractivity contribution in [2.45, 2.75) is 30.6 Å². The van der Waals surface area contributed by atoms with Gasteiger partial charge < -0.3 is 14.7 Å². The molecule has 1 aliphatic heterocycles. The zero-order valence-electron chi connectivity index (χ0n) is 14.3. The minimum absolute atomic E-state index is 0.0529. The van der Waals surface area contributed by atoms with E-state index >= 15 is 0 Å². The second kappa shape index (κ2) is 6.93. The van der Waals surface area contributed by atoms with Crippen LogP contribution in [0.3, 0.4) is 0 Å². The quantitative estimate of drug-likeness (QED) is 0.731. The minimum atomic E-state index is -3.73. The first-order chi connectivity index (χ1) is 11.9. The Kier molecular flexibility index (Phi) is 5.04. The summed E-state index contributed by atoms with van der Waals surface area (Å²) < 4.78 is 31.8. The van der Waals surface area contributed by atoms with Gasteiger partial charge in [0.05, 0.1) is 29.9 Å². The summed E-state index contributed by atoms with van der Waals surface area (Å²) in [4.78, 5) is 14.3. The van der Waals surface area contributed by atoms with Crippen LogP contribution in [-0.4, -0.2) is 52.8 Å². The van der Waals surface area contributed by atoms with Crippen molar-refractivity contribution in [2.24, 2.45) is 5.41 Å². The van der Waals surface area contributed by atoms with Gasteiger partial charge in [-0.1, -0.05) is 0 Å². The Morgan fingerprint density at radius 3 is 2.52 bits per heavy atom. The zero-order valence-corrected chi connectivity index (χ0v) is 15.1. The van der Waals surface area contributed by atoms with Gasteiger partial charge in [0.25, 0.3) is 0 Å². The smallest absolute Gasteiger partial charge is 0.339 e. The molecule has 138 valence electrons. The fourth-order valence-corrected chi connectivity index (χ4v) is 4.43. The molecule has 1 saturated carbocycles. The van der Waals surface area contributed by atoms with E-state index in [1.165, 1.54) is 38.2 Å². The van der Waals surface area contributed by atoms with Gasteiger partial charge in [-0.15, -0.1) is 0 Å². The largest absolute Gasteiger partial charge is 0.465 e. The molecule has 8 heteroatoms. The number of benzene rings is 1. The van der Waals surface area contributed by atoms with E-state index in [1.54, 1.807) is 0 Å². The van der Waals surface area contributed by atoms with Crippen LogP contribution < -0.4 is 9.62 Å². The van der Waals surface area contributed by atoms with Gasteiger partial charge in [0.15, 0.2) is 0 Å². The van der Waals surface area contributed by atoms with Crippen LogP contribution in [0.5, 0.6) is 0 Å². The standard InChI is InChI=1S/C17H24N2O5S/c1-24-16(21)14-3-2-13(25(22,23)18-8-11-20)12-15(14)19-9-6-17(4-5-17)7-10-19/h2-3,12,18,20H,4-11H2,1H3. The number of rotatable bonds is 6. The lowest BCUT2D eigenvalue weighted by Crippen LogP contribution is -2.35. The van der Waals surface area contributed by atoms with E-state index in [4.69, 9.17) is 9.84 Å². The molecule has 3 rings (SSSR count). The van der Waals surface area contributed by atoms with Crippen LogP contribution in [0, 0.1) is 5.41 Å². The van der Waals surface area contributed by atoms with E-state index < -0.39 is 16.0 Å². The SMILES string of the molecule is COC(=O)c1ccc(S(=O)(=O)NCCO)cc1N1CCC2(CC1)CC2. The Morgan fingerprint density at radius 2 is 1.96 bits per heavy atom. The van der Waals surface area contributed by atoms with E-state index in [1.807, 2.05) is 0 Å². The lowest BCUT2D eigenvalue weighted by atomic mass is 9.93. The summed E-state index contributed by atoms with van der Waals surface area (Å²) in [7, 11) is -2.42. The van der Waals surface area contributed by atoms with Crippen molar-refractivity contribution >= 4 is 21.7 Å². The minimum Gasteiger partial charge on any atom is -0.465 e. The van der Waals surface area contributed by atoms with E-state index in [0.717, 1.165) is 25.9 Å². The van der Waals surface area contributed by atoms with Gasteiger partial charge in [-0.2, -0.15) is 0 Å². The Balaban J connectivity index is 1.92. The zero-order chi connectivity index (χ0) is 18.1. The summed E-state index contributed by atoms with van der Waals surface area (Å²) in [6.07, 6.45) is 4.66. The fourth-order valence-electron chi connectivity index (χ4n) is 3.38. The van der Waals surface area contributed by atoms with Crippen molar-refractivity contribution in [2.75, 3.05) is 38.3 Å². The number of sulfonamides is 1. The summed E-state index contributed by atoms with van der Waals surface area (Å²) in [6.45, 7) is 1.28. The van der Waals surface area contributed by atoms with E-state index in [-0.39, 0.29) is 18.0 Å². The van der Waals surface area contributed by atoms with Crippen molar-refractivity contribution < 1.29 is 23.1 Å². The first-order valence-corrected chi connectivity index (χ1v) is 9.97. The molecular weight excluding hydrogens is 344 g/mol. The van der Waals surface area contributed by atoms with Gasteiger partial charge in [0.2, 0.25) is 10.0 Å². The molecule has 2 N–H and O–H groups in total. The van der Waals surface area contributed by atoms with Gasteiger partial charge in [0, 0.05) is 19.6 Å². The number of piperidine rings is 1. The van der Waals surface area contributed by atoms with E-state index in [9.17, 15) is 13.2 Å². The maximum atomic E-state index is 12.3. The fraction of sp³-hybridized carbons (Fsp3) is 0.588. The van der Waals surface area contributed by atoms with Crippen molar-refractivity contribution in [3.8, 4) is 0 Å². The van der Waals surface area contributed by atoms with Crippen LogP contribution in [0.1, 0.15) is 36.0 Å². The number of nitrogens with zero attached hydrogens (tertiary/aromatic N) is 1. The van der Waals surface area contributed by atoms with Crippen LogP contribution in [0.15, 0.2) is 23.1 Å². The number of carbonyl (C=O) groups excluding carboxylic acids is 1. The average Bonchev–Trinajstić information content (AvgIpc) is 3.38. The van der Waals surface area contributed by atoms with Crippen LogP contribution in [0.25, 0.3) is 0 Å². The van der Waals surface area contributed by atoms with Crippen LogP contribution in [0.2, 0.25) is 0 Å². The van der Waals surface area contributed by atoms with Crippen LogP contribution in [0.4, 0.5) is 5.69 Å². The number of anilines is 1. The molecule has 0 radical (unpaired) electrons. The molecule has 1 spiro atoms. The monoisotopic (exact) mass is 368 g/mol. The second-order valence-corrected chi connectivity index (χ2v) is 8.55. The lowest BCUT2D eigenvalue weighted by Gasteiger charge is -2.34. The maximum absolute atomic E-state index is 12.3. The highest BCUT2D eigenvalue weighted by Crippen LogP contribution is 2.54. The van der Waals surface area contributed by atoms with Gasteiger partial charge in [-0.05, 0) is 49.3 Å². The molecule has 2 aliphatic rings. The molecule has 1 aliphatic carbocycles. The summed E-state index contributed by atoms with van der Waals surface area (Å²) >= 11 is 0. The number of hydrogen-bond acceptors (Lipinski definition) is 6. The first-order valence-electron chi connectivity index (χ1n) is 8.49. The van der Waals surface area contributed by atoms with Crippen molar-refractivity contribution in [1.29, 1.82) is 0 Å². The summed E-state index contributed by atoms with van der Waals surface area (Å²) in [5.74, 6) is -0.478. The summed E-state index contributed by atoms with van der Waals surface area (Å²) in [5, 5.41) is 8.84. The molecule has 1 aromatic rings. The highest BCUT2D eigenvalue weighted by atomic mass is 32.2.